The van der Waals surface area contributed by atoms with Crippen molar-refractivity contribution in [2.24, 2.45) is 5.92 Å². The standard InChI is InChI=1S/C18H18N8O2/c27-17(22-14-1-3-15(4-2-14)26-12-21-23-24-26)13-5-9-25(10-6-13)18(28)16-11-19-7-8-20-16/h1-4,7-8,11-13H,5-6,9-10H2,(H,22,27). The highest BCUT2D eigenvalue weighted by atomic mass is 16.2. The average molecular weight is 378 g/mol. The summed E-state index contributed by atoms with van der Waals surface area (Å²) in [7, 11) is 0. The number of anilines is 1. The number of piperidine rings is 1. The lowest BCUT2D eigenvalue weighted by molar-refractivity contribution is -0.121. The number of nitrogens with one attached hydrogen (secondary N) is 1. The molecule has 1 aromatic carbocycles. The Kier molecular flexibility index (Phi) is 5.00. The maximum absolute atomic E-state index is 12.6. The van der Waals surface area contributed by atoms with E-state index in [-0.39, 0.29) is 17.7 Å². The van der Waals surface area contributed by atoms with Crippen LogP contribution >= 0.6 is 0 Å². The number of hydrogen-bond donors (Lipinski definition) is 1. The van der Waals surface area contributed by atoms with Crippen LogP contribution in [0.25, 0.3) is 5.69 Å². The Labute approximate surface area is 160 Å². The lowest BCUT2D eigenvalue weighted by Gasteiger charge is -2.31. The number of aromatic nitrogens is 6. The molecular formula is C18H18N8O2. The van der Waals surface area contributed by atoms with Gasteiger partial charge in [-0.2, -0.15) is 0 Å². The Morgan fingerprint density at radius 3 is 2.50 bits per heavy atom. The van der Waals surface area contributed by atoms with Crippen LogP contribution in [0.5, 0.6) is 0 Å². The van der Waals surface area contributed by atoms with Crippen LogP contribution in [0.1, 0.15) is 23.3 Å². The largest absolute Gasteiger partial charge is 0.337 e. The Morgan fingerprint density at radius 1 is 1.07 bits per heavy atom. The number of tetrazole rings is 1. The van der Waals surface area contributed by atoms with Crippen molar-refractivity contribution in [3.05, 3.63) is 54.9 Å². The van der Waals surface area contributed by atoms with E-state index in [2.05, 4.69) is 30.8 Å². The molecule has 1 aliphatic rings. The molecule has 0 unspecified atom stereocenters. The molecule has 1 saturated heterocycles. The van der Waals surface area contributed by atoms with Gasteiger partial charge in [0.1, 0.15) is 12.0 Å². The van der Waals surface area contributed by atoms with E-state index in [0.717, 1.165) is 5.69 Å². The van der Waals surface area contributed by atoms with Gasteiger partial charge < -0.3 is 10.2 Å². The van der Waals surface area contributed by atoms with Gasteiger partial charge in [0.05, 0.1) is 11.9 Å². The second-order valence-electron chi connectivity index (χ2n) is 6.45. The van der Waals surface area contributed by atoms with Crippen LogP contribution in [0.3, 0.4) is 0 Å². The fourth-order valence-electron chi connectivity index (χ4n) is 3.14. The Hall–Kier alpha value is -3.69. The van der Waals surface area contributed by atoms with Crippen LogP contribution in [0.4, 0.5) is 5.69 Å². The fraction of sp³-hybridized carbons (Fsp3) is 0.278. The minimum Gasteiger partial charge on any atom is -0.337 e. The van der Waals surface area contributed by atoms with Crippen molar-refractivity contribution in [2.75, 3.05) is 18.4 Å². The zero-order chi connectivity index (χ0) is 19.3. The number of hydrogen-bond acceptors (Lipinski definition) is 7. The van der Waals surface area contributed by atoms with E-state index in [0.29, 0.717) is 37.3 Å². The smallest absolute Gasteiger partial charge is 0.274 e. The van der Waals surface area contributed by atoms with Gasteiger partial charge in [0.2, 0.25) is 5.91 Å². The molecule has 1 N–H and O–H groups in total. The normalized spacial score (nSPS) is 14.6. The van der Waals surface area contributed by atoms with Crippen LogP contribution in [-0.2, 0) is 4.79 Å². The Balaban J connectivity index is 1.31. The molecule has 1 aliphatic heterocycles. The van der Waals surface area contributed by atoms with Gasteiger partial charge >= 0.3 is 0 Å². The van der Waals surface area contributed by atoms with Crippen molar-refractivity contribution in [2.45, 2.75) is 12.8 Å². The van der Waals surface area contributed by atoms with Gasteiger partial charge in [-0.3, -0.25) is 14.6 Å². The van der Waals surface area contributed by atoms with Gasteiger partial charge in [-0.15, -0.1) is 5.10 Å². The van der Waals surface area contributed by atoms with Gasteiger partial charge in [-0.25, -0.2) is 9.67 Å². The highest BCUT2D eigenvalue weighted by molar-refractivity contribution is 5.94. The number of benzene rings is 1. The number of nitrogens with zero attached hydrogens (tertiary/aromatic N) is 7. The van der Waals surface area contributed by atoms with Crippen molar-refractivity contribution < 1.29 is 9.59 Å². The summed E-state index contributed by atoms with van der Waals surface area (Å²) in [4.78, 5) is 34.6. The summed E-state index contributed by atoms with van der Waals surface area (Å²) >= 11 is 0. The second kappa shape index (κ2) is 7.91. The Morgan fingerprint density at radius 2 is 1.86 bits per heavy atom. The van der Waals surface area contributed by atoms with Gasteiger partial charge in [-0.1, -0.05) is 0 Å². The molecule has 0 atom stereocenters. The van der Waals surface area contributed by atoms with E-state index in [1.54, 1.807) is 4.90 Å². The van der Waals surface area contributed by atoms with E-state index in [1.807, 2.05) is 24.3 Å². The van der Waals surface area contributed by atoms with Crippen LogP contribution < -0.4 is 5.32 Å². The third-order valence-corrected chi connectivity index (χ3v) is 4.68. The summed E-state index contributed by atoms with van der Waals surface area (Å²) in [5.41, 5.74) is 1.84. The highest BCUT2D eigenvalue weighted by Gasteiger charge is 2.28. The summed E-state index contributed by atoms with van der Waals surface area (Å²) in [6.45, 7) is 1.04. The zero-order valence-corrected chi connectivity index (χ0v) is 15.0. The number of amides is 2. The van der Waals surface area contributed by atoms with Crippen molar-refractivity contribution in [3.63, 3.8) is 0 Å². The van der Waals surface area contributed by atoms with Crippen LogP contribution in [-0.4, -0.2) is 60.0 Å². The van der Waals surface area contributed by atoms with E-state index in [9.17, 15) is 9.59 Å². The van der Waals surface area contributed by atoms with Crippen molar-refractivity contribution in [3.8, 4) is 5.69 Å². The molecule has 0 bridgehead atoms. The van der Waals surface area contributed by atoms with E-state index >= 15 is 0 Å². The maximum Gasteiger partial charge on any atom is 0.274 e. The van der Waals surface area contributed by atoms with Crippen LogP contribution in [0.2, 0.25) is 0 Å². The molecule has 0 radical (unpaired) electrons. The summed E-state index contributed by atoms with van der Waals surface area (Å²) in [5.74, 6) is -0.322. The molecule has 2 amide bonds. The number of rotatable bonds is 4. The molecule has 10 nitrogen and oxygen atoms in total. The molecule has 0 aliphatic carbocycles. The molecule has 3 heterocycles. The van der Waals surface area contributed by atoms with Crippen LogP contribution in [0.15, 0.2) is 49.2 Å². The molecule has 28 heavy (non-hydrogen) atoms. The third kappa shape index (κ3) is 3.85. The summed E-state index contributed by atoms with van der Waals surface area (Å²) in [6.07, 6.45) is 7.21. The minimum atomic E-state index is -0.148. The van der Waals surface area contributed by atoms with Gasteiger partial charge in [0.25, 0.3) is 5.91 Å². The number of carbonyl (C=O) groups is 2. The first-order chi connectivity index (χ1) is 13.7. The molecule has 0 saturated carbocycles. The molecule has 4 rings (SSSR count). The maximum atomic E-state index is 12.6. The fourth-order valence-corrected chi connectivity index (χ4v) is 3.14. The lowest BCUT2D eigenvalue weighted by Crippen LogP contribution is -2.41. The predicted octanol–water partition coefficient (Wildman–Crippen LogP) is 0.943. The van der Waals surface area contributed by atoms with Crippen molar-refractivity contribution >= 4 is 17.5 Å². The van der Waals surface area contributed by atoms with E-state index in [1.165, 1.54) is 29.6 Å². The molecule has 3 aromatic rings. The average Bonchev–Trinajstić information content (AvgIpc) is 3.29. The molecule has 10 heteroatoms. The van der Waals surface area contributed by atoms with Gasteiger partial charge in [0.15, 0.2) is 0 Å². The molecule has 2 aromatic heterocycles. The first-order valence-electron chi connectivity index (χ1n) is 8.90. The monoisotopic (exact) mass is 378 g/mol. The minimum absolute atomic E-state index is 0.0400. The molecule has 142 valence electrons. The first kappa shape index (κ1) is 17.7. The van der Waals surface area contributed by atoms with Crippen molar-refractivity contribution in [1.82, 2.24) is 35.1 Å². The highest BCUT2D eigenvalue weighted by Crippen LogP contribution is 2.21. The number of likely N-dealkylation sites (tertiary alicyclic amines) is 1. The third-order valence-electron chi connectivity index (χ3n) is 4.68. The zero-order valence-electron chi connectivity index (χ0n) is 15.0. The molecular weight excluding hydrogens is 360 g/mol. The predicted molar refractivity (Wildman–Crippen MR) is 98.4 cm³/mol. The van der Waals surface area contributed by atoms with Gasteiger partial charge in [-0.05, 0) is 47.5 Å². The first-order valence-corrected chi connectivity index (χ1v) is 8.90. The SMILES string of the molecule is O=C(Nc1ccc(-n2cnnn2)cc1)C1CCN(C(=O)c2cnccn2)CC1. The topological polar surface area (TPSA) is 119 Å². The van der Waals surface area contributed by atoms with Gasteiger partial charge in [0, 0.05) is 37.1 Å². The lowest BCUT2D eigenvalue weighted by atomic mass is 9.95. The Bertz CT molecular complexity index is 935. The second-order valence-corrected chi connectivity index (χ2v) is 6.45. The summed E-state index contributed by atoms with van der Waals surface area (Å²) in [6, 6.07) is 7.27. The van der Waals surface area contributed by atoms with Crippen LogP contribution in [0, 0.1) is 5.92 Å². The summed E-state index contributed by atoms with van der Waals surface area (Å²) in [5, 5.41) is 13.9. The molecule has 0 spiro atoms. The summed E-state index contributed by atoms with van der Waals surface area (Å²) < 4.78 is 1.54. The molecule has 1 fully saturated rings. The van der Waals surface area contributed by atoms with E-state index < -0.39 is 0 Å². The quantitative estimate of drug-likeness (QED) is 0.718. The number of carbonyl (C=O) groups excluding carboxylic acids is 2. The van der Waals surface area contributed by atoms with Crippen molar-refractivity contribution in [1.29, 1.82) is 0 Å². The van der Waals surface area contributed by atoms with E-state index in [4.69, 9.17) is 0 Å².